The largest absolute Gasteiger partial charge is 0.361 e. The van der Waals surface area contributed by atoms with E-state index in [1.807, 2.05) is 48.7 Å². The van der Waals surface area contributed by atoms with Gasteiger partial charge in [-0.2, -0.15) is 0 Å². The normalized spacial score (nSPS) is 15.8. The van der Waals surface area contributed by atoms with Crippen LogP contribution in [-0.2, 0) is 27.2 Å². The molecule has 9 heteroatoms. The summed E-state index contributed by atoms with van der Waals surface area (Å²) in [6.45, 7) is 1.58. The standard InChI is InChI=1S/C28H31N5O3S/c34-17-31-26(14-20-16-37-25-8-4-2-6-22(20)25)33-28(36)24(32-27(35)18-9-11-29-12-10-18)13-19-15-30-23-7-3-1-5-21(19)23/h1-8,15-18,24,26,29-30H,9-14H2,(H,31,34)(H,32,35)(H,33,36)/t24-,26+/m1/s1. The zero-order valence-corrected chi connectivity index (χ0v) is 21.3. The summed E-state index contributed by atoms with van der Waals surface area (Å²) < 4.78 is 1.15. The second-order valence-corrected chi connectivity index (χ2v) is 10.4. The van der Waals surface area contributed by atoms with Crippen molar-refractivity contribution in [1.82, 2.24) is 26.3 Å². The average Bonchev–Trinajstić information content (AvgIpc) is 3.53. The SMILES string of the molecule is O=CN[C@H](Cc1csc2ccccc12)NC(=O)[C@@H](Cc1c[nH]c2ccccc12)NC(=O)C1CCNCC1. The number of H-pyrrole nitrogens is 1. The molecule has 0 unspecified atom stereocenters. The van der Waals surface area contributed by atoms with Gasteiger partial charge in [-0.3, -0.25) is 14.4 Å². The van der Waals surface area contributed by atoms with E-state index in [9.17, 15) is 14.4 Å². The Kier molecular flexibility index (Phi) is 7.82. The summed E-state index contributed by atoms with van der Waals surface area (Å²) in [5.74, 6) is -0.558. The van der Waals surface area contributed by atoms with Gasteiger partial charge in [-0.05, 0) is 60.0 Å². The molecule has 1 aliphatic heterocycles. The number of para-hydroxylation sites is 1. The molecule has 1 fully saturated rings. The number of thiophene rings is 1. The molecule has 3 amide bonds. The fourth-order valence-corrected chi connectivity index (χ4v) is 6.00. The topological polar surface area (TPSA) is 115 Å². The van der Waals surface area contributed by atoms with Crippen LogP contribution in [0.25, 0.3) is 21.0 Å². The number of nitrogens with one attached hydrogen (secondary N) is 5. The molecule has 5 rings (SSSR count). The quantitative estimate of drug-likeness (QED) is 0.164. The molecular formula is C28H31N5O3S. The van der Waals surface area contributed by atoms with Crippen molar-refractivity contribution in [1.29, 1.82) is 0 Å². The predicted molar refractivity (Wildman–Crippen MR) is 146 cm³/mol. The Bertz CT molecular complexity index is 1390. The number of fused-ring (bicyclic) bond motifs is 2. The molecule has 8 nitrogen and oxygen atoms in total. The first kappa shape index (κ1) is 25.0. The second-order valence-electron chi connectivity index (χ2n) is 9.46. The van der Waals surface area contributed by atoms with Gasteiger partial charge < -0.3 is 26.3 Å². The number of benzene rings is 2. The number of rotatable bonds is 10. The third kappa shape index (κ3) is 5.84. The Balaban J connectivity index is 1.35. The van der Waals surface area contributed by atoms with E-state index < -0.39 is 12.2 Å². The van der Waals surface area contributed by atoms with E-state index in [0.29, 0.717) is 19.3 Å². The molecule has 2 aromatic carbocycles. The molecular weight excluding hydrogens is 486 g/mol. The van der Waals surface area contributed by atoms with Gasteiger partial charge in [0.25, 0.3) is 0 Å². The van der Waals surface area contributed by atoms with Crippen LogP contribution < -0.4 is 21.3 Å². The van der Waals surface area contributed by atoms with Gasteiger partial charge in [0.15, 0.2) is 0 Å². The maximum atomic E-state index is 13.6. The van der Waals surface area contributed by atoms with Gasteiger partial charge in [-0.15, -0.1) is 11.3 Å². The van der Waals surface area contributed by atoms with Crippen molar-refractivity contribution in [2.24, 2.45) is 5.92 Å². The molecule has 0 saturated carbocycles. The molecule has 3 heterocycles. The van der Waals surface area contributed by atoms with E-state index in [1.165, 1.54) is 0 Å². The molecule has 0 aliphatic carbocycles. The fourth-order valence-electron chi connectivity index (χ4n) is 5.02. The van der Waals surface area contributed by atoms with Crippen molar-refractivity contribution in [2.45, 2.75) is 37.9 Å². The maximum Gasteiger partial charge on any atom is 0.244 e. The lowest BCUT2D eigenvalue weighted by Gasteiger charge is -2.26. The van der Waals surface area contributed by atoms with Gasteiger partial charge >= 0.3 is 0 Å². The van der Waals surface area contributed by atoms with Gasteiger partial charge in [0.05, 0.1) is 0 Å². The van der Waals surface area contributed by atoms with E-state index in [2.05, 4.69) is 37.7 Å². The average molecular weight is 518 g/mol. The summed E-state index contributed by atoms with van der Waals surface area (Å²) >= 11 is 1.63. The van der Waals surface area contributed by atoms with Crippen molar-refractivity contribution in [3.8, 4) is 0 Å². The molecule has 5 N–H and O–H groups in total. The van der Waals surface area contributed by atoms with Gasteiger partial charge in [-0.25, -0.2) is 0 Å². The van der Waals surface area contributed by atoms with Crippen molar-refractivity contribution in [3.63, 3.8) is 0 Å². The molecule has 192 valence electrons. The smallest absolute Gasteiger partial charge is 0.244 e. The monoisotopic (exact) mass is 517 g/mol. The summed E-state index contributed by atoms with van der Waals surface area (Å²) in [5.41, 5.74) is 2.98. The molecule has 37 heavy (non-hydrogen) atoms. The van der Waals surface area contributed by atoms with Gasteiger partial charge in [0.1, 0.15) is 12.2 Å². The van der Waals surface area contributed by atoms with Crippen LogP contribution in [-0.4, -0.2) is 48.5 Å². The molecule has 1 saturated heterocycles. The Morgan fingerprint density at radius 3 is 2.54 bits per heavy atom. The van der Waals surface area contributed by atoms with Crippen molar-refractivity contribution >= 4 is 50.6 Å². The second kappa shape index (κ2) is 11.6. The minimum Gasteiger partial charge on any atom is -0.361 e. The van der Waals surface area contributed by atoms with Crippen molar-refractivity contribution in [3.05, 3.63) is 71.2 Å². The van der Waals surface area contributed by atoms with Crippen molar-refractivity contribution < 1.29 is 14.4 Å². The van der Waals surface area contributed by atoms with E-state index in [1.54, 1.807) is 11.3 Å². The van der Waals surface area contributed by atoms with Crippen LogP contribution in [0.4, 0.5) is 0 Å². The lowest BCUT2D eigenvalue weighted by Crippen LogP contribution is -2.55. The number of carbonyl (C=O) groups is 3. The van der Waals surface area contributed by atoms with Crippen LogP contribution in [0.15, 0.2) is 60.1 Å². The molecule has 0 radical (unpaired) electrons. The maximum absolute atomic E-state index is 13.6. The van der Waals surface area contributed by atoms with Crippen LogP contribution in [0.3, 0.4) is 0 Å². The van der Waals surface area contributed by atoms with Gasteiger partial charge in [0, 0.05) is 40.6 Å². The highest BCUT2D eigenvalue weighted by atomic mass is 32.1. The number of carbonyl (C=O) groups excluding carboxylic acids is 3. The molecule has 0 bridgehead atoms. The third-order valence-electron chi connectivity index (χ3n) is 7.01. The lowest BCUT2D eigenvalue weighted by molar-refractivity contribution is -0.132. The van der Waals surface area contributed by atoms with E-state index >= 15 is 0 Å². The van der Waals surface area contributed by atoms with Crippen LogP contribution >= 0.6 is 11.3 Å². The van der Waals surface area contributed by atoms with E-state index in [4.69, 9.17) is 0 Å². The Labute approximate surface area is 219 Å². The minimum absolute atomic E-state index is 0.106. The van der Waals surface area contributed by atoms with Crippen LogP contribution in [0.2, 0.25) is 0 Å². The summed E-state index contributed by atoms with van der Waals surface area (Å²) in [5, 5.41) is 16.2. The first-order chi connectivity index (χ1) is 18.1. The highest BCUT2D eigenvalue weighted by molar-refractivity contribution is 7.17. The zero-order chi connectivity index (χ0) is 25.6. The Morgan fingerprint density at radius 2 is 1.73 bits per heavy atom. The minimum atomic E-state index is -0.781. The zero-order valence-electron chi connectivity index (χ0n) is 20.5. The molecule has 2 aromatic heterocycles. The first-order valence-electron chi connectivity index (χ1n) is 12.6. The van der Waals surface area contributed by atoms with E-state index in [-0.39, 0.29) is 17.7 Å². The third-order valence-corrected chi connectivity index (χ3v) is 8.03. The van der Waals surface area contributed by atoms with Crippen molar-refractivity contribution in [2.75, 3.05) is 13.1 Å². The molecule has 2 atom stereocenters. The fraction of sp³-hybridized carbons (Fsp3) is 0.321. The Morgan fingerprint density at radius 1 is 0.973 bits per heavy atom. The molecule has 4 aromatic rings. The molecule has 0 spiro atoms. The van der Waals surface area contributed by atoms with Crippen LogP contribution in [0.1, 0.15) is 24.0 Å². The summed E-state index contributed by atoms with van der Waals surface area (Å²) in [6, 6.07) is 15.2. The number of amides is 3. The lowest BCUT2D eigenvalue weighted by atomic mass is 9.96. The van der Waals surface area contributed by atoms with Crippen LogP contribution in [0.5, 0.6) is 0 Å². The summed E-state index contributed by atoms with van der Waals surface area (Å²) in [4.78, 5) is 41.4. The highest BCUT2D eigenvalue weighted by Gasteiger charge is 2.29. The molecule has 1 aliphatic rings. The number of aromatic amines is 1. The number of piperidine rings is 1. The highest BCUT2D eigenvalue weighted by Crippen LogP contribution is 2.26. The van der Waals surface area contributed by atoms with E-state index in [0.717, 1.165) is 58.0 Å². The van der Waals surface area contributed by atoms with Gasteiger partial charge in [0.2, 0.25) is 18.2 Å². The summed E-state index contributed by atoms with van der Waals surface area (Å²) in [7, 11) is 0. The Hall–Kier alpha value is -3.69. The van der Waals surface area contributed by atoms with Crippen LogP contribution in [0, 0.1) is 5.92 Å². The number of hydrogen-bond acceptors (Lipinski definition) is 5. The first-order valence-corrected chi connectivity index (χ1v) is 13.5. The number of hydrogen-bond donors (Lipinski definition) is 5. The number of aromatic nitrogens is 1. The predicted octanol–water partition coefficient (Wildman–Crippen LogP) is 2.84. The van der Waals surface area contributed by atoms with Gasteiger partial charge in [-0.1, -0.05) is 36.4 Å². The summed E-state index contributed by atoms with van der Waals surface area (Å²) in [6.07, 6.45) is 4.14.